The second-order valence-corrected chi connectivity index (χ2v) is 0.644. The highest BCUT2D eigenvalue weighted by atomic mass is 14.5. The van der Waals surface area contributed by atoms with Gasteiger partial charge in [0.2, 0.25) is 0 Å². The lowest BCUT2D eigenvalue weighted by Crippen LogP contribution is -1.83. The van der Waals surface area contributed by atoms with Crippen LogP contribution >= 0.6 is 0 Å². The Morgan fingerprint density at radius 2 is 2.25 bits per heavy atom. The zero-order chi connectivity index (χ0) is 3.41. The molecule has 0 aliphatic carbocycles. The van der Waals surface area contributed by atoms with Crippen LogP contribution in [0.5, 0.6) is 0 Å². The molecule has 2 N–H and O–H groups in total. The molecule has 0 aromatic carbocycles. The summed E-state index contributed by atoms with van der Waals surface area (Å²) in [5.41, 5.74) is 4.90. The molecule has 0 aromatic heterocycles. The molecule has 1 radical (unpaired) electrons. The Morgan fingerprint density at radius 3 is 2.25 bits per heavy atom. The summed E-state index contributed by atoms with van der Waals surface area (Å²) >= 11 is 0. The van der Waals surface area contributed by atoms with Crippen LogP contribution in [0, 0.1) is 6.54 Å². The molecule has 0 aliphatic rings. The van der Waals surface area contributed by atoms with Crippen LogP contribution in [-0.4, -0.2) is 0 Å². The van der Waals surface area contributed by atoms with Gasteiger partial charge in [-0.15, -0.1) is 0 Å². The van der Waals surface area contributed by atoms with E-state index >= 15 is 0 Å². The molecule has 0 fully saturated rings. The minimum absolute atomic E-state index is 0.972. The maximum absolute atomic E-state index is 4.90. The van der Waals surface area contributed by atoms with Crippen molar-refractivity contribution >= 4 is 0 Å². The van der Waals surface area contributed by atoms with Gasteiger partial charge >= 0.3 is 0 Å². The summed E-state index contributed by atoms with van der Waals surface area (Å²) in [7, 11) is 0. The molecule has 1 heteroatoms. The van der Waals surface area contributed by atoms with Crippen molar-refractivity contribution in [3.8, 4) is 0 Å². The van der Waals surface area contributed by atoms with Gasteiger partial charge in [-0.05, 0) is 6.42 Å². The second kappa shape index (κ2) is 2.96. The lowest BCUT2D eigenvalue weighted by Gasteiger charge is -1.69. The van der Waals surface area contributed by atoms with E-state index in [4.69, 9.17) is 5.73 Å². The quantitative estimate of drug-likeness (QED) is 0.467. The van der Waals surface area contributed by atoms with Gasteiger partial charge in [-0.25, -0.2) is 0 Å². The third-order valence-corrected chi connectivity index (χ3v) is 0.236. The minimum Gasteiger partial charge on any atom is -0.326 e. The molecular formula is C3H8N. The third-order valence-electron chi connectivity index (χ3n) is 0.236. The average molecular weight is 58.1 g/mol. The molecule has 0 saturated heterocycles. The van der Waals surface area contributed by atoms with Crippen molar-refractivity contribution in [3.05, 3.63) is 6.54 Å². The van der Waals surface area contributed by atoms with E-state index in [0.29, 0.717) is 0 Å². The predicted octanol–water partition coefficient (Wildman–Crippen LogP) is 0.517. The maximum Gasteiger partial charge on any atom is 0.0189 e. The largest absolute Gasteiger partial charge is 0.326 e. The standard InChI is InChI=1S/C3H8N/c1-2-3-4/h3H,2,4H2,1H3. The first-order valence-corrected chi connectivity index (χ1v) is 1.45. The molecule has 0 heterocycles. The van der Waals surface area contributed by atoms with Crippen LogP contribution in [0.25, 0.3) is 0 Å². The first-order valence-electron chi connectivity index (χ1n) is 1.45. The van der Waals surface area contributed by atoms with Crippen LogP contribution in [-0.2, 0) is 0 Å². The normalized spacial score (nSPS) is 7.50. The summed E-state index contributed by atoms with van der Waals surface area (Å²) in [4.78, 5) is 0. The van der Waals surface area contributed by atoms with Crippen LogP contribution < -0.4 is 5.73 Å². The zero-order valence-electron chi connectivity index (χ0n) is 2.86. The highest BCUT2D eigenvalue weighted by molar-refractivity contribution is 4.42. The van der Waals surface area contributed by atoms with Gasteiger partial charge in [0, 0.05) is 6.54 Å². The Morgan fingerprint density at radius 1 is 2.00 bits per heavy atom. The maximum atomic E-state index is 4.90. The molecule has 0 aromatic rings. The van der Waals surface area contributed by atoms with Gasteiger partial charge in [0.25, 0.3) is 0 Å². The first-order chi connectivity index (χ1) is 1.91. The van der Waals surface area contributed by atoms with Gasteiger partial charge < -0.3 is 5.73 Å². The molecule has 0 amide bonds. The lowest BCUT2D eigenvalue weighted by molar-refractivity contribution is 1.06. The minimum atomic E-state index is 0.972. The summed E-state index contributed by atoms with van der Waals surface area (Å²) in [6.45, 7) is 3.62. The van der Waals surface area contributed by atoms with Crippen molar-refractivity contribution in [2.45, 2.75) is 13.3 Å². The zero-order valence-corrected chi connectivity index (χ0v) is 2.86. The second-order valence-electron chi connectivity index (χ2n) is 0.644. The van der Waals surface area contributed by atoms with Crippen molar-refractivity contribution in [2.75, 3.05) is 0 Å². The van der Waals surface area contributed by atoms with E-state index in [-0.39, 0.29) is 0 Å². The van der Waals surface area contributed by atoms with Crippen LogP contribution in [0.1, 0.15) is 13.3 Å². The Balaban J connectivity index is 1.97. The molecular weight excluding hydrogens is 50.0 g/mol. The fourth-order valence-corrected chi connectivity index (χ4v) is 0. The van der Waals surface area contributed by atoms with E-state index in [0.717, 1.165) is 6.42 Å². The van der Waals surface area contributed by atoms with Gasteiger partial charge in [0.1, 0.15) is 0 Å². The summed E-state index contributed by atoms with van der Waals surface area (Å²) in [6.07, 6.45) is 0.972. The van der Waals surface area contributed by atoms with Crippen LogP contribution in [0.15, 0.2) is 0 Å². The number of hydrogen-bond donors (Lipinski definition) is 1. The van der Waals surface area contributed by atoms with E-state index in [1.807, 2.05) is 6.92 Å². The van der Waals surface area contributed by atoms with Gasteiger partial charge in [-0.2, -0.15) is 0 Å². The smallest absolute Gasteiger partial charge is 0.0189 e. The summed E-state index contributed by atoms with van der Waals surface area (Å²) in [6, 6.07) is 0. The number of nitrogens with two attached hydrogens (primary N) is 1. The van der Waals surface area contributed by atoms with Crippen molar-refractivity contribution in [1.29, 1.82) is 0 Å². The van der Waals surface area contributed by atoms with Crippen LogP contribution in [0.4, 0.5) is 0 Å². The summed E-state index contributed by atoms with van der Waals surface area (Å²) < 4.78 is 0. The molecule has 0 bridgehead atoms. The SMILES string of the molecule is CC[CH]N. The Hall–Kier alpha value is -0.0400. The molecule has 0 saturated carbocycles. The average Bonchev–Trinajstić information content (AvgIpc) is 1.37. The monoisotopic (exact) mass is 58.1 g/mol. The van der Waals surface area contributed by atoms with Crippen molar-refractivity contribution in [2.24, 2.45) is 5.73 Å². The number of hydrogen-bond acceptors (Lipinski definition) is 1. The molecule has 0 unspecified atom stereocenters. The van der Waals surface area contributed by atoms with Crippen LogP contribution in [0.2, 0.25) is 0 Å². The van der Waals surface area contributed by atoms with E-state index in [1.165, 1.54) is 0 Å². The first kappa shape index (κ1) is 3.96. The molecule has 0 atom stereocenters. The van der Waals surface area contributed by atoms with Gasteiger partial charge in [-0.3, -0.25) is 0 Å². The molecule has 1 nitrogen and oxygen atoms in total. The number of rotatable bonds is 1. The van der Waals surface area contributed by atoms with Gasteiger partial charge in [0.15, 0.2) is 0 Å². The van der Waals surface area contributed by atoms with Gasteiger partial charge in [-0.1, -0.05) is 6.92 Å². The fraction of sp³-hybridized carbons (Fsp3) is 0.667. The van der Waals surface area contributed by atoms with Crippen molar-refractivity contribution < 1.29 is 0 Å². The highest BCUT2D eigenvalue weighted by Crippen LogP contribution is 1.65. The predicted molar refractivity (Wildman–Crippen MR) is 18.8 cm³/mol. The third kappa shape index (κ3) is 1.96. The molecule has 0 aliphatic heterocycles. The topological polar surface area (TPSA) is 26.0 Å². The Labute approximate surface area is 26.8 Å². The van der Waals surface area contributed by atoms with E-state index in [1.54, 1.807) is 6.54 Å². The lowest BCUT2D eigenvalue weighted by atomic mass is 10.5. The highest BCUT2D eigenvalue weighted by Gasteiger charge is 1.56. The Bertz CT molecular complexity index is 5.25. The Kier molecular flexibility index (Phi) is 2.93. The molecule has 4 heavy (non-hydrogen) atoms. The summed E-state index contributed by atoms with van der Waals surface area (Å²) in [5, 5.41) is 0. The molecule has 25 valence electrons. The van der Waals surface area contributed by atoms with Crippen molar-refractivity contribution in [3.63, 3.8) is 0 Å². The van der Waals surface area contributed by atoms with Crippen LogP contribution in [0.3, 0.4) is 0 Å². The molecule has 0 rings (SSSR count). The molecule has 0 spiro atoms. The van der Waals surface area contributed by atoms with E-state index in [9.17, 15) is 0 Å². The van der Waals surface area contributed by atoms with E-state index in [2.05, 4.69) is 0 Å². The summed E-state index contributed by atoms with van der Waals surface area (Å²) in [5.74, 6) is 0. The van der Waals surface area contributed by atoms with Crippen molar-refractivity contribution in [1.82, 2.24) is 0 Å². The van der Waals surface area contributed by atoms with E-state index < -0.39 is 0 Å². The van der Waals surface area contributed by atoms with Gasteiger partial charge in [0.05, 0.1) is 0 Å². The fourth-order valence-electron chi connectivity index (χ4n) is 0.